The van der Waals surface area contributed by atoms with E-state index in [0.717, 1.165) is 24.3 Å². The summed E-state index contributed by atoms with van der Waals surface area (Å²) < 4.78 is 95.9. The number of imidazole rings is 2. The van der Waals surface area contributed by atoms with Gasteiger partial charge in [-0.3, -0.25) is 8.80 Å². The molecule has 8 aromatic rings. The van der Waals surface area contributed by atoms with Crippen LogP contribution in [0.5, 0.6) is 0 Å². The number of rotatable bonds is 2. The lowest BCUT2D eigenvalue weighted by molar-refractivity contribution is -0.138. The van der Waals surface area contributed by atoms with Gasteiger partial charge in [0.1, 0.15) is 22.7 Å². The Bertz CT molecular complexity index is 2080. The van der Waals surface area contributed by atoms with Crippen LogP contribution < -0.4 is 0 Å². The molecule has 0 N–H and O–H groups in total. The molecule has 198 valence electrons. The van der Waals surface area contributed by atoms with E-state index in [4.69, 9.17) is 8.83 Å². The van der Waals surface area contributed by atoms with Gasteiger partial charge in [0.2, 0.25) is 0 Å². The predicted octanol–water partition coefficient (Wildman–Crippen LogP) is 8.44. The Morgan fingerprint density at radius 2 is 1.00 bits per heavy atom. The van der Waals surface area contributed by atoms with E-state index in [-0.39, 0.29) is 11.0 Å². The molecule has 0 aliphatic rings. The highest BCUT2D eigenvalue weighted by Crippen LogP contribution is 2.47. The van der Waals surface area contributed by atoms with Crippen molar-refractivity contribution >= 4 is 44.1 Å². The number of furan rings is 2. The maximum atomic E-state index is 13.5. The molecular weight excluding hydrogens is 538 g/mol. The molecule has 40 heavy (non-hydrogen) atoms. The fourth-order valence-electron chi connectivity index (χ4n) is 5.49. The highest BCUT2D eigenvalue weighted by molar-refractivity contribution is 6.21. The summed E-state index contributed by atoms with van der Waals surface area (Å²) in [5, 5.41) is 1.02. The van der Waals surface area contributed by atoms with Gasteiger partial charge in [-0.05, 0) is 60.7 Å². The normalized spacial score (nSPS) is 13.2. The molecule has 0 unspecified atom stereocenters. The number of alkyl halides is 6. The third kappa shape index (κ3) is 2.95. The lowest BCUT2D eigenvalue weighted by atomic mass is 10.1. The smallest absolute Gasteiger partial charge is 0.416 e. The molecular formula is C28H12F6N4O2. The van der Waals surface area contributed by atoms with Gasteiger partial charge in [0, 0.05) is 0 Å². The molecule has 8 rings (SSSR count). The van der Waals surface area contributed by atoms with Crippen LogP contribution in [-0.4, -0.2) is 18.8 Å². The Hall–Kier alpha value is -5.00. The summed E-state index contributed by atoms with van der Waals surface area (Å²) >= 11 is 0. The zero-order valence-electron chi connectivity index (χ0n) is 19.8. The van der Waals surface area contributed by atoms with Gasteiger partial charge in [-0.15, -0.1) is 0 Å². The van der Waals surface area contributed by atoms with E-state index in [1.807, 2.05) is 0 Å². The van der Waals surface area contributed by atoms with Crippen molar-refractivity contribution < 1.29 is 35.2 Å². The lowest BCUT2D eigenvalue weighted by Gasteiger charge is -2.06. The number of halogens is 6. The molecule has 2 aromatic carbocycles. The van der Waals surface area contributed by atoms with Crippen molar-refractivity contribution in [3.05, 3.63) is 84.3 Å². The maximum Gasteiger partial charge on any atom is 0.416 e. The molecule has 6 aromatic heterocycles. The van der Waals surface area contributed by atoms with Crippen LogP contribution in [0.1, 0.15) is 11.1 Å². The molecule has 0 saturated heterocycles. The van der Waals surface area contributed by atoms with Crippen LogP contribution in [0.25, 0.3) is 67.0 Å². The quantitative estimate of drug-likeness (QED) is 0.203. The average Bonchev–Trinajstić information content (AvgIpc) is 3.72. The van der Waals surface area contributed by atoms with Crippen molar-refractivity contribution in [2.75, 3.05) is 0 Å². The van der Waals surface area contributed by atoms with E-state index in [1.54, 1.807) is 33.1 Å². The predicted molar refractivity (Wildman–Crippen MR) is 133 cm³/mol. The third-order valence-corrected chi connectivity index (χ3v) is 7.09. The molecule has 0 aliphatic carbocycles. The monoisotopic (exact) mass is 550 g/mol. The number of hydrogen-bond donors (Lipinski definition) is 0. The molecule has 0 fully saturated rings. The largest absolute Gasteiger partial charge is 0.463 e. The summed E-state index contributed by atoms with van der Waals surface area (Å²) in [5.41, 5.74) is 0.887. The first-order valence-electron chi connectivity index (χ1n) is 11.9. The minimum atomic E-state index is -4.56. The van der Waals surface area contributed by atoms with Crippen molar-refractivity contribution in [2.45, 2.75) is 12.4 Å². The van der Waals surface area contributed by atoms with Crippen LogP contribution in [0.4, 0.5) is 26.3 Å². The Kier molecular flexibility index (Phi) is 4.21. The van der Waals surface area contributed by atoms with E-state index in [9.17, 15) is 26.3 Å². The van der Waals surface area contributed by atoms with Crippen molar-refractivity contribution in [1.82, 2.24) is 18.8 Å². The summed E-state index contributed by atoms with van der Waals surface area (Å²) in [7, 11) is 0. The highest BCUT2D eigenvalue weighted by Gasteiger charge is 2.35. The van der Waals surface area contributed by atoms with E-state index < -0.39 is 23.5 Å². The number of benzene rings is 2. The second kappa shape index (κ2) is 7.34. The Balaban J connectivity index is 1.60. The van der Waals surface area contributed by atoms with Gasteiger partial charge in [-0.25, -0.2) is 9.97 Å². The maximum absolute atomic E-state index is 13.5. The first-order chi connectivity index (χ1) is 19.1. The topological polar surface area (TPSA) is 60.9 Å². The van der Waals surface area contributed by atoms with Gasteiger partial charge >= 0.3 is 12.4 Å². The fraction of sp³-hybridized carbons (Fsp3) is 0.0714. The molecule has 0 saturated carbocycles. The first kappa shape index (κ1) is 22.9. The third-order valence-electron chi connectivity index (χ3n) is 7.09. The summed E-state index contributed by atoms with van der Waals surface area (Å²) in [6.07, 6.45) is -6.22. The van der Waals surface area contributed by atoms with E-state index in [0.29, 0.717) is 56.0 Å². The van der Waals surface area contributed by atoms with Crippen LogP contribution in [0.2, 0.25) is 0 Å². The van der Waals surface area contributed by atoms with Crippen LogP contribution in [0, 0.1) is 0 Å². The Morgan fingerprint density at radius 3 is 1.35 bits per heavy atom. The number of nitrogens with zero attached hydrogens (tertiary/aromatic N) is 4. The molecule has 0 atom stereocenters. The van der Waals surface area contributed by atoms with Gasteiger partial charge in [0.25, 0.3) is 0 Å². The highest BCUT2D eigenvalue weighted by atomic mass is 19.4. The zero-order valence-corrected chi connectivity index (χ0v) is 19.8. The zero-order chi connectivity index (χ0) is 27.6. The minimum Gasteiger partial charge on any atom is -0.463 e. The molecule has 0 spiro atoms. The Morgan fingerprint density at radius 1 is 0.575 bits per heavy atom. The van der Waals surface area contributed by atoms with Gasteiger partial charge in [-0.2, -0.15) is 26.3 Å². The molecule has 0 aliphatic heterocycles. The average molecular weight is 550 g/mol. The van der Waals surface area contributed by atoms with Gasteiger partial charge < -0.3 is 8.83 Å². The van der Waals surface area contributed by atoms with Crippen LogP contribution in [0.3, 0.4) is 0 Å². The molecule has 6 nitrogen and oxygen atoms in total. The van der Waals surface area contributed by atoms with Crippen LogP contribution >= 0.6 is 0 Å². The second-order valence-electron chi connectivity index (χ2n) is 9.35. The lowest BCUT2D eigenvalue weighted by Crippen LogP contribution is -2.04. The summed E-state index contributed by atoms with van der Waals surface area (Å²) in [5.74, 6) is 0.751. The standard InChI is InChI=1S/C28H12F6N4O2/c29-27(30,31)13-5-7-17-15(11-13)36-26-22-21(23(37(17)26)19-3-1-9-39-19)25-35-16-12-14(28(32,33)34)6-8-18(16)38(25)24(22)20-4-2-10-40-20/h1-12H. The van der Waals surface area contributed by atoms with Crippen molar-refractivity contribution in [2.24, 2.45) is 0 Å². The van der Waals surface area contributed by atoms with Crippen LogP contribution in [-0.2, 0) is 12.4 Å². The summed E-state index contributed by atoms with van der Waals surface area (Å²) in [6.45, 7) is 0. The minimum absolute atomic E-state index is 0.114. The molecule has 6 heterocycles. The molecule has 0 radical (unpaired) electrons. The van der Waals surface area contributed by atoms with Gasteiger partial charge in [0.05, 0.1) is 56.5 Å². The number of aromatic nitrogens is 4. The fourth-order valence-corrected chi connectivity index (χ4v) is 5.49. The number of fused-ring (bicyclic) bond motifs is 9. The summed E-state index contributed by atoms with van der Waals surface area (Å²) in [4.78, 5) is 9.22. The van der Waals surface area contributed by atoms with Crippen LogP contribution in [0.15, 0.2) is 82.0 Å². The van der Waals surface area contributed by atoms with Gasteiger partial charge in [-0.1, -0.05) is 0 Å². The van der Waals surface area contributed by atoms with Crippen molar-refractivity contribution in [3.63, 3.8) is 0 Å². The second-order valence-corrected chi connectivity index (χ2v) is 9.35. The van der Waals surface area contributed by atoms with E-state index in [1.165, 1.54) is 24.7 Å². The van der Waals surface area contributed by atoms with Crippen molar-refractivity contribution in [3.8, 4) is 22.9 Å². The SMILES string of the molecule is FC(F)(F)c1ccc2c(c1)nc1c3c(-c4ccco4)n4c5ccc(C(F)(F)F)cc5nc4c3c(-c3ccco3)n21. The first-order valence-corrected chi connectivity index (χ1v) is 11.9. The number of hydrogen-bond acceptors (Lipinski definition) is 4. The Labute approximate surface area is 218 Å². The molecule has 0 amide bonds. The van der Waals surface area contributed by atoms with E-state index in [2.05, 4.69) is 9.97 Å². The summed E-state index contributed by atoms with van der Waals surface area (Å²) in [6, 6.07) is 13.3. The van der Waals surface area contributed by atoms with Crippen molar-refractivity contribution in [1.29, 1.82) is 0 Å². The molecule has 0 bridgehead atoms. The molecule has 12 heteroatoms. The van der Waals surface area contributed by atoms with E-state index >= 15 is 0 Å². The van der Waals surface area contributed by atoms with Gasteiger partial charge in [0.15, 0.2) is 11.5 Å².